The Labute approximate surface area is 154 Å². The molecule has 144 valence electrons. The number of hydrogen-bond acceptors (Lipinski definition) is 5. The first-order valence-corrected chi connectivity index (χ1v) is 9.95. The average molecular weight is 362 g/mol. The molecule has 0 saturated heterocycles. The normalized spacial score (nSPS) is 49.1. The highest BCUT2D eigenvalue weighted by molar-refractivity contribution is 5.93. The summed E-state index contributed by atoms with van der Waals surface area (Å²) in [5.41, 5.74) is -1.22. The smallest absolute Gasteiger partial charge is 0.155 e. The van der Waals surface area contributed by atoms with E-state index in [1.807, 2.05) is 6.92 Å². The van der Waals surface area contributed by atoms with Gasteiger partial charge in [0.2, 0.25) is 0 Å². The maximum Gasteiger partial charge on any atom is 0.155 e. The van der Waals surface area contributed by atoms with Crippen LogP contribution in [0.25, 0.3) is 0 Å². The second-order valence-electron chi connectivity index (χ2n) is 9.56. The van der Waals surface area contributed by atoms with Crippen molar-refractivity contribution in [1.29, 1.82) is 0 Å². The van der Waals surface area contributed by atoms with Crippen LogP contribution in [0.1, 0.15) is 58.8 Å². The molecule has 0 radical (unpaired) electrons. The molecule has 3 saturated carbocycles. The summed E-state index contributed by atoms with van der Waals surface area (Å²) in [6, 6.07) is 0. The second kappa shape index (κ2) is 5.73. The minimum atomic E-state index is -1.41. The molecule has 0 aromatic rings. The van der Waals surface area contributed by atoms with Gasteiger partial charge in [-0.15, -0.1) is 0 Å². The van der Waals surface area contributed by atoms with Gasteiger partial charge in [-0.2, -0.15) is 0 Å². The van der Waals surface area contributed by atoms with Crippen LogP contribution in [-0.2, 0) is 9.59 Å². The average Bonchev–Trinajstić information content (AvgIpc) is 2.86. The number of allylic oxidation sites excluding steroid dienone is 1. The monoisotopic (exact) mass is 362 g/mol. The van der Waals surface area contributed by atoms with Crippen LogP contribution < -0.4 is 0 Å². The fourth-order valence-electron chi connectivity index (χ4n) is 7.12. The van der Waals surface area contributed by atoms with Gasteiger partial charge in [0.05, 0.1) is 12.2 Å². The first-order chi connectivity index (χ1) is 12.2. The maximum absolute atomic E-state index is 13.3. The molecule has 1 unspecified atom stereocenters. The molecule has 4 rings (SSSR count). The third kappa shape index (κ3) is 2.14. The standard InChI is InChI=1S/C21H30O5/c1-19-7-5-13(23)9-12(19)3-4-14-15-6-8-21(26,17(25)11-22)20(15,2)10-16(24)18(14)19/h9,14-15,17-18,22,25-26H,3-8,10-11H2,1-2H3/t14-,15-,17+,18+,19?,20-,21-/m0/s1. The summed E-state index contributed by atoms with van der Waals surface area (Å²) >= 11 is 0. The number of carbonyl (C=O) groups excluding carboxylic acids is 2. The van der Waals surface area contributed by atoms with Crippen molar-refractivity contribution in [3.63, 3.8) is 0 Å². The van der Waals surface area contributed by atoms with Gasteiger partial charge < -0.3 is 15.3 Å². The lowest BCUT2D eigenvalue weighted by Crippen LogP contribution is -2.62. The van der Waals surface area contributed by atoms with Gasteiger partial charge in [-0.05, 0) is 55.4 Å². The van der Waals surface area contributed by atoms with E-state index in [1.165, 1.54) is 0 Å². The van der Waals surface area contributed by atoms with Gasteiger partial charge in [0.15, 0.2) is 5.78 Å². The van der Waals surface area contributed by atoms with Crippen LogP contribution in [0.15, 0.2) is 11.6 Å². The zero-order valence-electron chi connectivity index (χ0n) is 15.7. The van der Waals surface area contributed by atoms with Gasteiger partial charge in [0.1, 0.15) is 11.9 Å². The van der Waals surface area contributed by atoms with Gasteiger partial charge in [-0.25, -0.2) is 0 Å². The molecule has 5 nitrogen and oxygen atoms in total. The Morgan fingerprint density at radius 2 is 1.92 bits per heavy atom. The summed E-state index contributed by atoms with van der Waals surface area (Å²) in [5, 5.41) is 31.0. The molecule has 0 amide bonds. The van der Waals surface area contributed by atoms with E-state index < -0.39 is 23.7 Å². The molecule has 0 aromatic carbocycles. The predicted octanol–water partition coefficient (Wildman–Crippen LogP) is 1.78. The summed E-state index contributed by atoms with van der Waals surface area (Å²) in [7, 11) is 0. The van der Waals surface area contributed by atoms with Crippen LogP contribution in [0.3, 0.4) is 0 Å². The number of hydrogen-bond donors (Lipinski definition) is 3. The number of ketones is 2. The van der Waals surface area contributed by atoms with Crippen LogP contribution in [0.4, 0.5) is 0 Å². The van der Waals surface area contributed by atoms with Crippen LogP contribution in [0.5, 0.6) is 0 Å². The quantitative estimate of drug-likeness (QED) is 0.696. The molecule has 26 heavy (non-hydrogen) atoms. The zero-order valence-corrected chi connectivity index (χ0v) is 15.7. The molecule has 3 N–H and O–H groups in total. The van der Waals surface area contributed by atoms with Crippen molar-refractivity contribution in [2.45, 2.75) is 70.5 Å². The Morgan fingerprint density at radius 1 is 1.19 bits per heavy atom. The predicted molar refractivity (Wildman–Crippen MR) is 95.1 cm³/mol. The summed E-state index contributed by atoms with van der Waals surface area (Å²) in [5.74, 6) is 0.568. The van der Waals surface area contributed by atoms with E-state index in [-0.39, 0.29) is 41.2 Å². The van der Waals surface area contributed by atoms with E-state index in [2.05, 4.69) is 6.92 Å². The molecule has 7 atom stereocenters. The van der Waals surface area contributed by atoms with Gasteiger partial charge in [0, 0.05) is 24.2 Å². The van der Waals surface area contributed by atoms with Crippen LogP contribution in [0.2, 0.25) is 0 Å². The first-order valence-electron chi connectivity index (χ1n) is 9.95. The number of Topliss-reactive ketones (excluding diaryl/α,β-unsaturated/α-hetero) is 1. The molecular formula is C21H30O5. The highest BCUT2D eigenvalue weighted by Crippen LogP contribution is 2.66. The lowest BCUT2D eigenvalue weighted by atomic mass is 9.45. The van der Waals surface area contributed by atoms with Crippen LogP contribution in [-0.4, -0.2) is 45.2 Å². The fraction of sp³-hybridized carbons (Fsp3) is 0.810. The molecule has 0 aliphatic heterocycles. The van der Waals surface area contributed by atoms with E-state index in [4.69, 9.17) is 0 Å². The molecular weight excluding hydrogens is 332 g/mol. The van der Waals surface area contributed by atoms with Crippen molar-refractivity contribution in [2.24, 2.45) is 28.6 Å². The van der Waals surface area contributed by atoms with Gasteiger partial charge >= 0.3 is 0 Å². The number of aliphatic hydroxyl groups excluding tert-OH is 2. The van der Waals surface area contributed by atoms with E-state index >= 15 is 0 Å². The largest absolute Gasteiger partial charge is 0.394 e. The Morgan fingerprint density at radius 3 is 2.62 bits per heavy atom. The van der Waals surface area contributed by atoms with Crippen molar-refractivity contribution in [1.82, 2.24) is 0 Å². The number of aliphatic hydroxyl groups is 3. The van der Waals surface area contributed by atoms with Crippen molar-refractivity contribution in [2.75, 3.05) is 6.61 Å². The van der Waals surface area contributed by atoms with Crippen molar-refractivity contribution >= 4 is 11.6 Å². The lowest BCUT2D eigenvalue weighted by molar-refractivity contribution is -0.187. The summed E-state index contributed by atoms with van der Waals surface area (Å²) in [6.07, 6.45) is 4.93. The highest BCUT2D eigenvalue weighted by Gasteiger charge is 2.68. The topological polar surface area (TPSA) is 94.8 Å². The highest BCUT2D eigenvalue weighted by atomic mass is 16.4. The molecule has 0 aromatic heterocycles. The second-order valence-corrected chi connectivity index (χ2v) is 9.56. The van der Waals surface area contributed by atoms with Crippen molar-refractivity contribution < 1.29 is 24.9 Å². The van der Waals surface area contributed by atoms with Gasteiger partial charge in [-0.1, -0.05) is 19.4 Å². The number of rotatable bonds is 2. The Hall–Kier alpha value is -1.04. The van der Waals surface area contributed by atoms with Crippen molar-refractivity contribution in [3.8, 4) is 0 Å². The summed E-state index contributed by atoms with van der Waals surface area (Å²) < 4.78 is 0. The molecule has 3 fully saturated rings. The summed E-state index contributed by atoms with van der Waals surface area (Å²) in [4.78, 5) is 25.2. The Balaban J connectivity index is 1.74. The minimum Gasteiger partial charge on any atom is -0.394 e. The molecule has 0 spiro atoms. The lowest BCUT2D eigenvalue weighted by Gasteiger charge is -2.58. The zero-order chi connectivity index (χ0) is 18.9. The van der Waals surface area contributed by atoms with E-state index in [0.29, 0.717) is 12.8 Å². The Bertz CT molecular complexity index is 684. The molecule has 4 aliphatic rings. The third-order valence-electron chi connectivity index (χ3n) is 8.59. The SMILES string of the molecule is CC12CCC(=O)C=C1CC[C@@H]1[C@@H]2C(=O)C[C@@]2(C)[C@H]1CC[C@]2(O)[C@H](O)CO. The Kier molecular flexibility index (Phi) is 4.04. The molecule has 4 aliphatic carbocycles. The van der Waals surface area contributed by atoms with E-state index in [9.17, 15) is 24.9 Å². The number of carbonyl (C=O) groups is 2. The summed E-state index contributed by atoms with van der Waals surface area (Å²) in [6.45, 7) is 3.58. The molecule has 0 bridgehead atoms. The van der Waals surface area contributed by atoms with Crippen molar-refractivity contribution in [3.05, 3.63) is 11.6 Å². The van der Waals surface area contributed by atoms with E-state index in [0.717, 1.165) is 31.3 Å². The van der Waals surface area contributed by atoms with Crippen LogP contribution >= 0.6 is 0 Å². The fourth-order valence-corrected chi connectivity index (χ4v) is 7.12. The van der Waals surface area contributed by atoms with Gasteiger partial charge in [0.25, 0.3) is 0 Å². The maximum atomic E-state index is 13.3. The van der Waals surface area contributed by atoms with Crippen LogP contribution in [0, 0.1) is 28.6 Å². The first kappa shape index (κ1) is 18.3. The third-order valence-corrected chi connectivity index (χ3v) is 8.59. The van der Waals surface area contributed by atoms with Gasteiger partial charge in [-0.3, -0.25) is 9.59 Å². The number of fused-ring (bicyclic) bond motifs is 5. The minimum absolute atomic E-state index is 0.0951. The van der Waals surface area contributed by atoms with E-state index in [1.54, 1.807) is 6.08 Å². The molecule has 5 heteroatoms. The molecule has 0 heterocycles.